The molecule has 1 fully saturated rings. The molecule has 2 unspecified atom stereocenters. The number of carbonyl (C=O) groups excluding carboxylic acids is 1. The Labute approximate surface area is 111 Å². The van der Waals surface area contributed by atoms with Crippen molar-refractivity contribution >= 4 is 5.91 Å². The van der Waals surface area contributed by atoms with Crippen LogP contribution in [0.2, 0.25) is 0 Å². The summed E-state index contributed by atoms with van der Waals surface area (Å²) < 4.78 is 5.30. The minimum absolute atomic E-state index is 0.0747. The van der Waals surface area contributed by atoms with E-state index in [0.717, 1.165) is 26.2 Å². The number of hydrogen-bond acceptors (Lipinski definition) is 3. The molecule has 106 valence electrons. The minimum atomic E-state index is 0.0747. The molecule has 1 amide bonds. The molecule has 1 rings (SSSR count). The maximum Gasteiger partial charge on any atom is 0.220 e. The summed E-state index contributed by atoms with van der Waals surface area (Å²) in [5.74, 6) is 0.569. The lowest BCUT2D eigenvalue weighted by Crippen LogP contribution is -2.47. The third-order valence-corrected chi connectivity index (χ3v) is 3.77. The zero-order chi connectivity index (χ0) is 13.8. The number of carbonyl (C=O) groups is 1. The highest BCUT2D eigenvalue weighted by Crippen LogP contribution is 2.22. The van der Waals surface area contributed by atoms with Crippen molar-refractivity contribution in [3.05, 3.63) is 0 Å². The lowest BCUT2D eigenvalue weighted by Gasteiger charge is -2.35. The minimum Gasteiger partial charge on any atom is -0.381 e. The average molecular weight is 256 g/mol. The molecule has 1 aliphatic rings. The van der Waals surface area contributed by atoms with Crippen LogP contribution in [0.15, 0.2) is 0 Å². The van der Waals surface area contributed by atoms with Crippen LogP contribution in [-0.4, -0.2) is 50.7 Å². The van der Waals surface area contributed by atoms with Crippen LogP contribution in [0.5, 0.6) is 0 Å². The van der Waals surface area contributed by atoms with E-state index in [-0.39, 0.29) is 17.4 Å². The van der Waals surface area contributed by atoms with Gasteiger partial charge in [0.2, 0.25) is 5.91 Å². The van der Waals surface area contributed by atoms with Crippen LogP contribution in [0.4, 0.5) is 0 Å². The van der Waals surface area contributed by atoms with Crippen molar-refractivity contribution in [2.45, 2.75) is 39.7 Å². The van der Waals surface area contributed by atoms with E-state index < -0.39 is 0 Å². The number of nitrogens with one attached hydrogen (secondary N) is 1. The lowest BCUT2D eigenvalue weighted by molar-refractivity contribution is -0.123. The van der Waals surface area contributed by atoms with E-state index in [1.807, 2.05) is 0 Å². The zero-order valence-corrected chi connectivity index (χ0v) is 12.5. The Kier molecular flexibility index (Phi) is 5.60. The number of nitrogens with zero attached hydrogens (tertiary/aromatic N) is 1. The predicted octanol–water partition coefficient (Wildman–Crippen LogP) is 1.51. The Morgan fingerprint density at radius 3 is 2.67 bits per heavy atom. The van der Waals surface area contributed by atoms with Crippen molar-refractivity contribution in [1.29, 1.82) is 0 Å². The van der Waals surface area contributed by atoms with Crippen molar-refractivity contribution in [3.8, 4) is 0 Å². The van der Waals surface area contributed by atoms with Crippen LogP contribution >= 0.6 is 0 Å². The summed E-state index contributed by atoms with van der Waals surface area (Å²) >= 11 is 0. The van der Waals surface area contributed by atoms with Crippen molar-refractivity contribution in [2.24, 2.45) is 11.3 Å². The molecule has 0 spiro atoms. The second kappa shape index (κ2) is 6.53. The van der Waals surface area contributed by atoms with Crippen LogP contribution in [0.25, 0.3) is 0 Å². The fraction of sp³-hybridized carbons (Fsp3) is 0.929. The number of rotatable bonds is 6. The molecule has 4 nitrogen and oxygen atoms in total. The predicted molar refractivity (Wildman–Crippen MR) is 73.5 cm³/mol. The third kappa shape index (κ3) is 4.94. The number of amides is 1. The van der Waals surface area contributed by atoms with Crippen LogP contribution in [-0.2, 0) is 9.53 Å². The van der Waals surface area contributed by atoms with Gasteiger partial charge in [-0.05, 0) is 38.8 Å². The number of hydrogen-bond donors (Lipinski definition) is 1. The van der Waals surface area contributed by atoms with E-state index in [2.05, 4.69) is 45.1 Å². The average Bonchev–Trinajstić information content (AvgIpc) is 2.67. The maximum atomic E-state index is 12.0. The Bertz CT molecular complexity index is 271. The van der Waals surface area contributed by atoms with E-state index in [1.54, 1.807) is 0 Å². The molecule has 0 aromatic rings. The summed E-state index contributed by atoms with van der Waals surface area (Å²) in [6, 6.07) is 0.176. The molecule has 1 aliphatic heterocycles. The normalized spacial score (nSPS) is 22.2. The second-order valence-electron chi connectivity index (χ2n) is 6.45. The highest BCUT2D eigenvalue weighted by Gasteiger charge is 2.28. The summed E-state index contributed by atoms with van der Waals surface area (Å²) in [7, 11) is 4.12. The molecule has 0 bridgehead atoms. The molecule has 4 heteroatoms. The van der Waals surface area contributed by atoms with E-state index in [9.17, 15) is 4.79 Å². The van der Waals surface area contributed by atoms with Gasteiger partial charge in [-0.3, -0.25) is 4.79 Å². The first-order valence-corrected chi connectivity index (χ1v) is 6.83. The van der Waals surface area contributed by atoms with Gasteiger partial charge in [0.25, 0.3) is 0 Å². The van der Waals surface area contributed by atoms with E-state index in [0.29, 0.717) is 12.3 Å². The second-order valence-corrected chi connectivity index (χ2v) is 6.45. The van der Waals surface area contributed by atoms with Gasteiger partial charge in [0.15, 0.2) is 0 Å². The first-order chi connectivity index (χ1) is 8.31. The highest BCUT2D eigenvalue weighted by atomic mass is 16.5. The van der Waals surface area contributed by atoms with Crippen LogP contribution in [0.3, 0.4) is 0 Å². The number of ether oxygens (including phenoxy) is 1. The summed E-state index contributed by atoms with van der Waals surface area (Å²) in [5, 5.41) is 3.13. The molecular weight excluding hydrogens is 228 g/mol. The third-order valence-electron chi connectivity index (χ3n) is 3.77. The first-order valence-electron chi connectivity index (χ1n) is 6.83. The Hall–Kier alpha value is -0.610. The van der Waals surface area contributed by atoms with Gasteiger partial charge in [-0.1, -0.05) is 13.8 Å². The first kappa shape index (κ1) is 15.4. The van der Waals surface area contributed by atoms with Gasteiger partial charge >= 0.3 is 0 Å². The zero-order valence-electron chi connectivity index (χ0n) is 12.5. The molecule has 0 aliphatic carbocycles. The van der Waals surface area contributed by atoms with Gasteiger partial charge in [-0.2, -0.15) is 0 Å². The van der Waals surface area contributed by atoms with Gasteiger partial charge < -0.3 is 15.0 Å². The van der Waals surface area contributed by atoms with Gasteiger partial charge in [0.1, 0.15) is 0 Å². The van der Waals surface area contributed by atoms with E-state index >= 15 is 0 Å². The molecular formula is C14H28N2O2. The largest absolute Gasteiger partial charge is 0.381 e. The van der Waals surface area contributed by atoms with E-state index in [4.69, 9.17) is 4.74 Å². The van der Waals surface area contributed by atoms with Gasteiger partial charge in [-0.25, -0.2) is 0 Å². The van der Waals surface area contributed by atoms with Gasteiger partial charge in [0.05, 0.1) is 0 Å². The smallest absolute Gasteiger partial charge is 0.220 e. The SMILES string of the molecule is CC(NC(=O)CC1CCOC1)C(C)(C)CN(C)C. The van der Waals surface area contributed by atoms with Crippen molar-refractivity contribution in [2.75, 3.05) is 33.9 Å². The highest BCUT2D eigenvalue weighted by molar-refractivity contribution is 5.76. The lowest BCUT2D eigenvalue weighted by atomic mass is 9.84. The standard InChI is InChI=1S/C14H28N2O2/c1-11(14(2,3)10-16(4)5)15-13(17)8-12-6-7-18-9-12/h11-12H,6-10H2,1-5H3,(H,15,17). The molecule has 0 saturated carbocycles. The van der Waals surface area contributed by atoms with Crippen molar-refractivity contribution in [3.63, 3.8) is 0 Å². The van der Waals surface area contributed by atoms with Gasteiger partial charge in [-0.15, -0.1) is 0 Å². The quantitative estimate of drug-likeness (QED) is 0.783. The molecule has 18 heavy (non-hydrogen) atoms. The van der Waals surface area contributed by atoms with Crippen LogP contribution < -0.4 is 5.32 Å². The topological polar surface area (TPSA) is 41.6 Å². The summed E-state index contributed by atoms with van der Waals surface area (Å²) in [4.78, 5) is 14.1. The monoisotopic (exact) mass is 256 g/mol. The fourth-order valence-corrected chi connectivity index (χ4v) is 2.45. The van der Waals surface area contributed by atoms with Crippen molar-refractivity contribution in [1.82, 2.24) is 10.2 Å². The fourth-order valence-electron chi connectivity index (χ4n) is 2.45. The Morgan fingerprint density at radius 1 is 1.50 bits per heavy atom. The van der Waals surface area contributed by atoms with Crippen LogP contribution in [0.1, 0.15) is 33.6 Å². The van der Waals surface area contributed by atoms with Crippen LogP contribution in [0, 0.1) is 11.3 Å². The molecule has 0 radical (unpaired) electrons. The Balaban J connectivity index is 2.37. The summed E-state index contributed by atoms with van der Waals surface area (Å²) in [5.41, 5.74) is 0.0747. The summed E-state index contributed by atoms with van der Waals surface area (Å²) in [6.45, 7) is 8.98. The molecule has 1 heterocycles. The maximum absolute atomic E-state index is 12.0. The molecule has 2 atom stereocenters. The van der Waals surface area contributed by atoms with E-state index in [1.165, 1.54) is 0 Å². The van der Waals surface area contributed by atoms with Gasteiger partial charge in [0, 0.05) is 32.2 Å². The molecule has 0 aromatic carbocycles. The van der Waals surface area contributed by atoms with Crippen molar-refractivity contribution < 1.29 is 9.53 Å². The molecule has 1 N–H and O–H groups in total. The molecule has 0 aromatic heterocycles. The molecule has 1 saturated heterocycles. The summed E-state index contributed by atoms with van der Waals surface area (Å²) in [6.07, 6.45) is 1.62. The Morgan fingerprint density at radius 2 is 2.17 bits per heavy atom.